The number of hydrazine groups is 2. The molecule has 7 nitrogen and oxygen atoms in total. The van der Waals surface area contributed by atoms with Gasteiger partial charge in [0.2, 0.25) is 0 Å². The van der Waals surface area contributed by atoms with Crippen LogP contribution in [0, 0.1) is 10.1 Å². The van der Waals surface area contributed by atoms with Gasteiger partial charge in [0.05, 0.1) is 26.6 Å². The van der Waals surface area contributed by atoms with Gasteiger partial charge in [-0.15, -0.1) is 14.8 Å². The molecule has 1 aromatic carbocycles. The van der Waals surface area contributed by atoms with E-state index >= 15 is 0 Å². The van der Waals surface area contributed by atoms with Crippen molar-refractivity contribution in [3.63, 3.8) is 0 Å². The largest absolute Gasteiger partial charge is 0.280 e. The zero-order valence-corrected chi connectivity index (χ0v) is 9.88. The highest BCUT2D eigenvalue weighted by atomic mass is 79.9. The van der Waals surface area contributed by atoms with Gasteiger partial charge in [0.1, 0.15) is 0 Å². The molecule has 0 unspecified atom stereocenters. The molecular formula is C8H8BrN5O2. The summed E-state index contributed by atoms with van der Waals surface area (Å²) in [5, 5.41) is 16.5. The van der Waals surface area contributed by atoms with Crippen molar-refractivity contribution in [2.75, 3.05) is 7.05 Å². The molecular weight excluding hydrogens is 278 g/mol. The van der Waals surface area contributed by atoms with E-state index in [-0.39, 0.29) is 5.69 Å². The second kappa shape index (κ2) is 4.06. The van der Waals surface area contributed by atoms with Crippen LogP contribution >= 0.6 is 16.1 Å². The molecule has 0 aromatic heterocycles. The summed E-state index contributed by atoms with van der Waals surface area (Å²) in [6.07, 6.45) is 0. The number of rotatable bonds is 2. The summed E-state index contributed by atoms with van der Waals surface area (Å²) in [7, 11) is 1.72. The van der Waals surface area contributed by atoms with E-state index in [1.54, 1.807) is 30.3 Å². The molecule has 1 aromatic rings. The van der Waals surface area contributed by atoms with Gasteiger partial charge in [-0.3, -0.25) is 15.1 Å². The molecule has 0 saturated heterocycles. The monoisotopic (exact) mass is 285 g/mol. The number of nitro groups is 1. The van der Waals surface area contributed by atoms with E-state index in [1.165, 1.54) is 10.2 Å². The second-order valence-electron chi connectivity index (χ2n) is 3.12. The van der Waals surface area contributed by atoms with E-state index in [9.17, 15) is 10.1 Å². The van der Waals surface area contributed by atoms with E-state index in [1.807, 2.05) is 0 Å². The molecule has 0 bridgehead atoms. The van der Waals surface area contributed by atoms with Crippen molar-refractivity contribution in [3.8, 4) is 0 Å². The van der Waals surface area contributed by atoms with Crippen molar-refractivity contribution in [1.82, 2.24) is 14.7 Å². The van der Waals surface area contributed by atoms with Crippen LogP contribution in [0.3, 0.4) is 0 Å². The van der Waals surface area contributed by atoms with E-state index in [4.69, 9.17) is 0 Å². The molecule has 0 fully saturated rings. The molecule has 8 heteroatoms. The average Bonchev–Trinajstić information content (AvgIpc) is 2.57. The molecule has 0 spiro atoms. The second-order valence-corrected chi connectivity index (χ2v) is 3.79. The van der Waals surface area contributed by atoms with Crippen LogP contribution in [-0.4, -0.2) is 27.0 Å². The molecule has 1 heterocycles. The topological polar surface area (TPSA) is 74.0 Å². The molecule has 1 aliphatic heterocycles. The van der Waals surface area contributed by atoms with Crippen molar-refractivity contribution in [3.05, 3.63) is 39.9 Å². The van der Waals surface area contributed by atoms with E-state index in [2.05, 4.69) is 26.8 Å². The summed E-state index contributed by atoms with van der Waals surface area (Å²) >= 11 is 3.10. The predicted octanol–water partition coefficient (Wildman–Crippen LogP) is 1.23. The smallest absolute Gasteiger partial charge is 0.273 e. The van der Waals surface area contributed by atoms with Crippen molar-refractivity contribution in [1.29, 1.82) is 0 Å². The van der Waals surface area contributed by atoms with E-state index in [0.29, 0.717) is 11.4 Å². The number of benzene rings is 1. The first kappa shape index (κ1) is 10.8. The standard InChI is InChI=1S/C8H8BrN5O2/c1-12-8(10-14(9)11-12)6-4-2-3-5-7(6)13(15)16/h2-5,11H,1H3. The lowest BCUT2D eigenvalue weighted by atomic mass is 10.1. The van der Waals surface area contributed by atoms with Gasteiger partial charge >= 0.3 is 0 Å². The van der Waals surface area contributed by atoms with Crippen LogP contribution in [-0.2, 0) is 0 Å². The Labute approximate surface area is 99.8 Å². The number of hydrogen-bond acceptors (Lipinski definition) is 6. The SMILES string of the molecule is CN1NN(Br)N=C1c1ccccc1[N+](=O)[O-]. The maximum absolute atomic E-state index is 10.9. The van der Waals surface area contributed by atoms with Crippen LogP contribution in [0.5, 0.6) is 0 Å². The molecule has 0 amide bonds. The highest BCUT2D eigenvalue weighted by Crippen LogP contribution is 2.21. The minimum absolute atomic E-state index is 0.0256. The number of hydrogen-bond donors (Lipinski definition) is 1. The van der Waals surface area contributed by atoms with E-state index < -0.39 is 4.92 Å². The molecule has 0 atom stereocenters. The lowest BCUT2D eigenvalue weighted by Gasteiger charge is -2.13. The average molecular weight is 286 g/mol. The van der Waals surface area contributed by atoms with Crippen LogP contribution in [0.4, 0.5) is 5.69 Å². The molecule has 2 rings (SSSR count). The van der Waals surface area contributed by atoms with Gasteiger partial charge in [-0.25, -0.2) is 0 Å². The summed E-state index contributed by atoms with van der Waals surface area (Å²) in [6, 6.07) is 6.45. The van der Waals surface area contributed by atoms with E-state index in [0.717, 1.165) is 0 Å². The van der Waals surface area contributed by atoms with Gasteiger partial charge in [-0.05, 0) is 6.07 Å². The fraction of sp³-hybridized carbons (Fsp3) is 0.125. The first-order valence-electron chi connectivity index (χ1n) is 4.38. The fourth-order valence-electron chi connectivity index (χ4n) is 1.40. The Kier molecular flexibility index (Phi) is 2.75. The fourth-order valence-corrected chi connectivity index (χ4v) is 1.79. The zero-order chi connectivity index (χ0) is 11.7. The Morgan fingerprint density at radius 2 is 2.19 bits per heavy atom. The summed E-state index contributed by atoms with van der Waals surface area (Å²) in [6.45, 7) is 0. The highest BCUT2D eigenvalue weighted by Gasteiger charge is 2.25. The third kappa shape index (κ3) is 1.84. The van der Waals surface area contributed by atoms with Crippen molar-refractivity contribution < 1.29 is 4.92 Å². The quantitative estimate of drug-likeness (QED) is 0.503. The number of nitro benzene ring substituents is 1. The summed E-state index contributed by atoms with van der Waals surface area (Å²) in [5.41, 5.74) is 3.28. The Morgan fingerprint density at radius 1 is 1.50 bits per heavy atom. The molecule has 0 radical (unpaired) electrons. The molecule has 1 aliphatic rings. The molecule has 0 saturated carbocycles. The summed E-state index contributed by atoms with van der Waals surface area (Å²) < 4.78 is 1.30. The van der Waals surface area contributed by atoms with Crippen LogP contribution in [0.2, 0.25) is 0 Å². The normalized spacial score (nSPS) is 15.2. The van der Waals surface area contributed by atoms with Gasteiger partial charge in [0.25, 0.3) is 5.69 Å². The maximum Gasteiger partial charge on any atom is 0.280 e. The summed E-state index contributed by atoms with van der Waals surface area (Å²) in [4.78, 5) is 10.4. The Morgan fingerprint density at radius 3 is 2.75 bits per heavy atom. The number of nitrogens with zero attached hydrogens (tertiary/aromatic N) is 4. The third-order valence-corrected chi connectivity index (χ3v) is 2.39. The lowest BCUT2D eigenvalue weighted by molar-refractivity contribution is -0.385. The van der Waals surface area contributed by atoms with Crippen LogP contribution < -0.4 is 5.53 Å². The molecule has 1 N–H and O–H groups in total. The number of nitrogens with one attached hydrogen (secondary N) is 1. The predicted molar refractivity (Wildman–Crippen MR) is 61.3 cm³/mol. The van der Waals surface area contributed by atoms with Gasteiger partial charge in [0.15, 0.2) is 5.84 Å². The summed E-state index contributed by atoms with van der Waals surface area (Å²) in [5.74, 6) is 0.476. The maximum atomic E-state index is 10.9. The first-order valence-corrected chi connectivity index (χ1v) is 5.09. The van der Waals surface area contributed by atoms with Crippen LogP contribution in [0.1, 0.15) is 5.56 Å². The van der Waals surface area contributed by atoms with Crippen molar-refractivity contribution >= 4 is 27.7 Å². The van der Waals surface area contributed by atoms with Crippen molar-refractivity contribution in [2.45, 2.75) is 0 Å². The van der Waals surface area contributed by atoms with Gasteiger partial charge in [-0.1, -0.05) is 12.1 Å². The van der Waals surface area contributed by atoms with Gasteiger partial charge < -0.3 is 0 Å². The van der Waals surface area contributed by atoms with Crippen LogP contribution in [0.15, 0.2) is 29.4 Å². The minimum atomic E-state index is -0.428. The number of amidine groups is 1. The molecule has 0 aliphatic carbocycles. The number of hydrazone groups is 1. The third-order valence-electron chi connectivity index (χ3n) is 2.07. The first-order chi connectivity index (χ1) is 7.59. The Balaban J connectivity index is 2.48. The Hall–Kier alpha value is -1.67. The van der Waals surface area contributed by atoms with Gasteiger partial charge in [0, 0.05) is 13.1 Å². The minimum Gasteiger partial charge on any atom is -0.273 e. The number of para-hydroxylation sites is 1. The molecule has 84 valence electrons. The lowest BCUT2D eigenvalue weighted by Crippen LogP contribution is -2.36. The zero-order valence-electron chi connectivity index (χ0n) is 8.29. The van der Waals surface area contributed by atoms with Gasteiger partial charge in [-0.2, -0.15) is 0 Å². The highest BCUT2D eigenvalue weighted by molar-refractivity contribution is 9.07. The Bertz CT molecular complexity index is 463. The number of halogens is 1. The van der Waals surface area contributed by atoms with Crippen molar-refractivity contribution in [2.24, 2.45) is 5.10 Å². The van der Waals surface area contributed by atoms with Crippen LogP contribution in [0.25, 0.3) is 0 Å². The molecule has 16 heavy (non-hydrogen) atoms.